The van der Waals surface area contributed by atoms with Crippen molar-refractivity contribution in [2.75, 3.05) is 44.7 Å². The second kappa shape index (κ2) is 12.6. The van der Waals surface area contributed by atoms with Crippen LogP contribution in [-0.2, 0) is 11.3 Å². The molecule has 0 aliphatic carbocycles. The molecule has 1 fully saturated rings. The number of aromatic nitrogens is 2. The molecule has 0 unspecified atom stereocenters. The quantitative estimate of drug-likeness (QED) is 0.318. The molecule has 1 aromatic heterocycles. The first kappa shape index (κ1) is 27.8. The minimum atomic E-state index is -0.348. The van der Waals surface area contributed by atoms with E-state index in [4.69, 9.17) is 4.74 Å². The number of carbonyl (C=O) groups is 2. The van der Waals surface area contributed by atoms with Crippen molar-refractivity contribution in [1.29, 1.82) is 0 Å². The summed E-state index contributed by atoms with van der Waals surface area (Å²) in [6, 6.07) is 24.8. The van der Waals surface area contributed by atoms with Gasteiger partial charge in [0.15, 0.2) is 5.82 Å². The van der Waals surface area contributed by atoms with E-state index in [1.807, 2.05) is 61.5 Å². The average Bonchev–Trinajstić information content (AvgIpc) is 3.02. The van der Waals surface area contributed by atoms with Gasteiger partial charge < -0.3 is 19.4 Å². The number of ether oxygens (including phenoxy) is 1. The number of amides is 2. The summed E-state index contributed by atoms with van der Waals surface area (Å²) in [6.07, 6.45) is 0. The fourth-order valence-electron chi connectivity index (χ4n) is 4.87. The normalized spacial score (nSPS) is 13.1. The Morgan fingerprint density at radius 2 is 1.66 bits per heavy atom. The number of carbonyl (C=O) groups excluding carboxylic acids is 2. The Hall–Kier alpha value is -4.79. The van der Waals surface area contributed by atoms with Gasteiger partial charge in [0.25, 0.3) is 5.91 Å². The predicted octanol–water partition coefficient (Wildman–Crippen LogP) is 4.59. The lowest BCUT2D eigenvalue weighted by Gasteiger charge is -2.36. The van der Waals surface area contributed by atoms with Crippen molar-refractivity contribution in [1.82, 2.24) is 20.0 Å². The van der Waals surface area contributed by atoms with Crippen LogP contribution in [0.2, 0.25) is 0 Å². The first-order valence-corrected chi connectivity index (χ1v) is 13.5. The Bertz CT molecular complexity index is 1500. The zero-order valence-corrected chi connectivity index (χ0v) is 23.2. The molecular formula is C32H32FN5O3. The summed E-state index contributed by atoms with van der Waals surface area (Å²) >= 11 is 0. The number of benzene rings is 3. The van der Waals surface area contributed by atoms with Gasteiger partial charge in [0.1, 0.15) is 18.1 Å². The summed E-state index contributed by atoms with van der Waals surface area (Å²) in [5.41, 5.74) is 3.80. The molecule has 1 aliphatic rings. The molecule has 2 heterocycles. The van der Waals surface area contributed by atoms with Gasteiger partial charge in [-0.15, -0.1) is 10.2 Å². The molecule has 9 heteroatoms. The van der Waals surface area contributed by atoms with E-state index in [0.717, 1.165) is 34.0 Å². The van der Waals surface area contributed by atoms with E-state index in [2.05, 4.69) is 15.1 Å². The van der Waals surface area contributed by atoms with E-state index in [9.17, 15) is 14.0 Å². The van der Waals surface area contributed by atoms with Gasteiger partial charge in [-0.25, -0.2) is 4.39 Å². The molecule has 8 nitrogen and oxygen atoms in total. The monoisotopic (exact) mass is 553 g/mol. The predicted molar refractivity (Wildman–Crippen MR) is 155 cm³/mol. The van der Waals surface area contributed by atoms with Gasteiger partial charge in [0.2, 0.25) is 5.91 Å². The van der Waals surface area contributed by atoms with Crippen LogP contribution in [0.25, 0.3) is 11.3 Å². The average molecular weight is 554 g/mol. The largest absolute Gasteiger partial charge is 0.497 e. The molecular weight excluding hydrogens is 521 g/mol. The van der Waals surface area contributed by atoms with E-state index >= 15 is 0 Å². The van der Waals surface area contributed by atoms with Crippen LogP contribution in [0, 0.1) is 12.7 Å². The molecule has 1 saturated heterocycles. The summed E-state index contributed by atoms with van der Waals surface area (Å²) in [7, 11) is 1.63. The number of rotatable bonds is 8. The Morgan fingerprint density at radius 1 is 0.902 bits per heavy atom. The van der Waals surface area contributed by atoms with E-state index in [1.54, 1.807) is 30.2 Å². The fourth-order valence-corrected chi connectivity index (χ4v) is 4.87. The van der Waals surface area contributed by atoms with E-state index in [0.29, 0.717) is 31.7 Å². The molecule has 0 atom stereocenters. The molecule has 1 aliphatic heterocycles. The van der Waals surface area contributed by atoms with Gasteiger partial charge in [-0.1, -0.05) is 42.5 Å². The van der Waals surface area contributed by atoms with Crippen LogP contribution >= 0.6 is 0 Å². The van der Waals surface area contributed by atoms with E-state index in [1.165, 1.54) is 17.0 Å². The van der Waals surface area contributed by atoms with Crippen molar-refractivity contribution in [2.45, 2.75) is 13.5 Å². The molecule has 2 amide bonds. The van der Waals surface area contributed by atoms with Crippen LogP contribution < -0.4 is 9.64 Å². The maximum absolute atomic E-state index is 13.5. The van der Waals surface area contributed by atoms with Crippen molar-refractivity contribution in [3.63, 3.8) is 0 Å². The highest BCUT2D eigenvalue weighted by atomic mass is 19.1. The van der Waals surface area contributed by atoms with Crippen molar-refractivity contribution in [3.8, 4) is 17.0 Å². The highest BCUT2D eigenvalue weighted by molar-refractivity contribution is 5.97. The van der Waals surface area contributed by atoms with Crippen molar-refractivity contribution >= 4 is 17.6 Å². The Labute approximate surface area is 239 Å². The lowest BCUT2D eigenvalue weighted by molar-refractivity contribution is -0.132. The Kier molecular flexibility index (Phi) is 8.53. The summed E-state index contributed by atoms with van der Waals surface area (Å²) in [4.78, 5) is 32.3. The number of nitrogens with zero attached hydrogens (tertiary/aromatic N) is 5. The lowest BCUT2D eigenvalue weighted by Crippen LogP contribution is -2.52. The number of anilines is 1. The second-order valence-corrected chi connectivity index (χ2v) is 9.98. The molecule has 210 valence electrons. The van der Waals surface area contributed by atoms with Crippen molar-refractivity contribution in [3.05, 3.63) is 107 Å². The summed E-state index contributed by atoms with van der Waals surface area (Å²) in [5.74, 6) is 0.792. The molecule has 3 aromatic carbocycles. The first-order chi connectivity index (χ1) is 19.9. The molecule has 0 N–H and O–H groups in total. The van der Waals surface area contributed by atoms with Crippen LogP contribution in [0.3, 0.4) is 0 Å². The van der Waals surface area contributed by atoms with Crippen LogP contribution in [0.1, 0.15) is 21.5 Å². The van der Waals surface area contributed by atoms with Crippen molar-refractivity contribution in [2.24, 2.45) is 0 Å². The number of hydrogen-bond donors (Lipinski definition) is 0. The number of halogens is 1. The minimum absolute atomic E-state index is 0.0699. The first-order valence-electron chi connectivity index (χ1n) is 13.5. The van der Waals surface area contributed by atoms with Gasteiger partial charge in [-0.05, 0) is 60.5 Å². The summed E-state index contributed by atoms with van der Waals surface area (Å²) in [6.45, 7) is 4.21. The third-order valence-electron chi connectivity index (χ3n) is 7.25. The molecule has 0 bridgehead atoms. The highest BCUT2D eigenvalue weighted by Gasteiger charge is 2.26. The number of hydrogen-bond acceptors (Lipinski definition) is 6. The van der Waals surface area contributed by atoms with E-state index < -0.39 is 0 Å². The molecule has 4 aromatic rings. The highest BCUT2D eigenvalue weighted by Crippen LogP contribution is 2.23. The second-order valence-electron chi connectivity index (χ2n) is 9.98. The fraction of sp³-hybridized carbons (Fsp3) is 0.250. The van der Waals surface area contributed by atoms with Crippen LogP contribution in [0.4, 0.5) is 10.2 Å². The third kappa shape index (κ3) is 6.69. The summed E-state index contributed by atoms with van der Waals surface area (Å²) in [5, 5.41) is 8.82. The molecule has 41 heavy (non-hydrogen) atoms. The standard InChI is InChI=1S/C32H32FN5O3/c1-23-6-3-4-9-28(23)32(40)38(21-24-10-12-26(33)13-11-24)22-31(39)37-18-16-36(17-19-37)30-15-14-29(34-35-30)25-7-5-8-27(20-25)41-2/h3-15,20H,16-19,21-22H2,1-2H3. The SMILES string of the molecule is COc1cccc(-c2ccc(N3CCN(C(=O)CN(Cc4ccc(F)cc4)C(=O)c4ccccc4C)CC3)nn2)c1. The zero-order valence-electron chi connectivity index (χ0n) is 23.2. The topological polar surface area (TPSA) is 78.9 Å². The van der Waals surface area contributed by atoms with E-state index in [-0.39, 0.29) is 30.7 Å². The zero-order chi connectivity index (χ0) is 28.8. The van der Waals surface area contributed by atoms with Gasteiger partial charge in [0, 0.05) is 43.9 Å². The van der Waals surface area contributed by atoms with Crippen LogP contribution in [0.5, 0.6) is 5.75 Å². The molecule has 0 saturated carbocycles. The van der Waals surface area contributed by atoms with Gasteiger partial charge in [-0.2, -0.15) is 0 Å². The van der Waals surface area contributed by atoms with Crippen LogP contribution in [0.15, 0.2) is 84.9 Å². The number of methoxy groups -OCH3 is 1. The maximum atomic E-state index is 13.5. The summed E-state index contributed by atoms with van der Waals surface area (Å²) < 4.78 is 18.8. The van der Waals surface area contributed by atoms with Crippen LogP contribution in [-0.4, -0.2) is 71.6 Å². The third-order valence-corrected chi connectivity index (χ3v) is 7.25. The molecule has 0 radical (unpaired) electrons. The van der Waals surface area contributed by atoms with Gasteiger partial charge in [-0.3, -0.25) is 9.59 Å². The maximum Gasteiger partial charge on any atom is 0.254 e. The van der Waals surface area contributed by atoms with Gasteiger partial charge in [0.05, 0.1) is 12.8 Å². The molecule has 0 spiro atoms. The van der Waals surface area contributed by atoms with Gasteiger partial charge >= 0.3 is 0 Å². The minimum Gasteiger partial charge on any atom is -0.497 e. The smallest absolute Gasteiger partial charge is 0.254 e. The Balaban J connectivity index is 1.23. The number of piperazine rings is 1. The molecule has 5 rings (SSSR count). The number of aryl methyl sites for hydroxylation is 1. The lowest BCUT2D eigenvalue weighted by atomic mass is 10.1. The van der Waals surface area contributed by atoms with Crippen molar-refractivity contribution < 1.29 is 18.7 Å². The Morgan fingerprint density at radius 3 is 2.34 bits per heavy atom.